The topological polar surface area (TPSA) is 128 Å². The van der Waals surface area contributed by atoms with Crippen molar-refractivity contribution in [2.75, 3.05) is 33.4 Å². The first-order valence-corrected chi connectivity index (χ1v) is 9.92. The average Bonchev–Trinajstić information content (AvgIpc) is 2.99. The van der Waals surface area contributed by atoms with Crippen molar-refractivity contribution in [3.63, 3.8) is 0 Å². The molecule has 0 atom stereocenters. The fourth-order valence-corrected chi connectivity index (χ4v) is 4.42. The number of amides is 1. The molecule has 0 aliphatic carbocycles. The zero-order valence-electron chi connectivity index (χ0n) is 15.9. The second-order valence-corrected chi connectivity index (χ2v) is 7.83. The van der Waals surface area contributed by atoms with Crippen LogP contribution >= 0.6 is 11.3 Å². The Labute approximate surface area is 165 Å². The number of aryl methyl sites for hydroxylation is 1. The van der Waals surface area contributed by atoms with Gasteiger partial charge in [0.25, 0.3) is 5.56 Å². The number of aromatic amines is 1. The first kappa shape index (κ1) is 20.4. The molecule has 152 valence electrons. The number of fused-ring (bicyclic) bond motifs is 1. The minimum atomic E-state index is -0.480. The monoisotopic (exact) mass is 408 g/mol. The molecule has 1 aliphatic heterocycles. The zero-order chi connectivity index (χ0) is 20.3. The Hall–Kier alpha value is -2.30. The highest BCUT2D eigenvalue weighted by Crippen LogP contribution is 2.28. The third kappa shape index (κ3) is 4.40. The minimum Gasteiger partial charge on any atom is -0.459 e. The fraction of sp³-hybridized carbons (Fsp3) is 0.556. The summed E-state index contributed by atoms with van der Waals surface area (Å²) in [4.78, 5) is 46.5. The van der Waals surface area contributed by atoms with Crippen LogP contribution in [0.3, 0.4) is 0 Å². The number of piperidine rings is 1. The van der Waals surface area contributed by atoms with Gasteiger partial charge in [0.15, 0.2) is 0 Å². The molecule has 28 heavy (non-hydrogen) atoms. The van der Waals surface area contributed by atoms with Crippen molar-refractivity contribution in [1.29, 1.82) is 0 Å². The average molecular weight is 408 g/mol. The summed E-state index contributed by atoms with van der Waals surface area (Å²) in [6, 6.07) is 0. The SMILES string of the molecule is COCCOC(=O)c1sc2nc(CN3CCC(C(N)=O)CC3)[nH]c(=O)c2c1C. The van der Waals surface area contributed by atoms with E-state index in [-0.39, 0.29) is 24.0 Å². The smallest absolute Gasteiger partial charge is 0.348 e. The largest absolute Gasteiger partial charge is 0.459 e. The summed E-state index contributed by atoms with van der Waals surface area (Å²) < 4.78 is 10.0. The highest BCUT2D eigenvalue weighted by molar-refractivity contribution is 7.20. The van der Waals surface area contributed by atoms with E-state index < -0.39 is 5.97 Å². The second-order valence-electron chi connectivity index (χ2n) is 6.83. The highest BCUT2D eigenvalue weighted by atomic mass is 32.1. The number of likely N-dealkylation sites (tertiary alicyclic amines) is 1. The van der Waals surface area contributed by atoms with E-state index in [4.69, 9.17) is 15.2 Å². The van der Waals surface area contributed by atoms with E-state index in [9.17, 15) is 14.4 Å². The van der Waals surface area contributed by atoms with Crippen LogP contribution < -0.4 is 11.3 Å². The van der Waals surface area contributed by atoms with Crippen molar-refractivity contribution < 1.29 is 19.1 Å². The van der Waals surface area contributed by atoms with Gasteiger partial charge in [-0.05, 0) is 38.4 Å². The first-order valence-electron chi connectivity index (χ1n) is 9.10. The number of rotatable bonds is 7. The number of aromatic nitrogens is 2. The highest BCUT2D eigenvalue weighted by Gasteiger charge is 2.24. The second kappa shape index (κ2) is 8.80. The van der Waals surface area contributed by atoms with Gasteiger partial charge in [-0.15, -0.1) is 11.3 Å². The molecule has 2 aromatic rings. The van der Waals surface area contributed by atoms with Crippen LogP contribution in [0.15, 0.2) is 4.79 Å². The number of thiophene rings is 1. The zero-order valence-corrected chi connectivity index (χ0v) is 16.8. The molecule has 0 aromatic carbocycles. The lowest BCUT2D eigenvalue weighted by Gasteiger charge is -2.29. The molecular formula is C18H24N4O5S. The number of carbonyl (C=O) groups is 2. The number of hydrogen-bond donors (Lipinski definition) is 2. The molecule has 0 radical (unpaired) electrons. The number of primary amides is 1. The van der Waals surface area contributed by atoms with Crippen LogP contribution in [0.5, 0.6) is 0 Å². The van der Waals surface area contributed by atoms with E-state index in [1.165, 1.54) is 7.11 Å². The lowest BCUT2D eigenvalue weighted by atomic mass is 9.96. The molecule has 0 unspecified atom stereocenters. The number of nitrogens with two attached hydrogens (primary N) is 1. The Bertz CT molecular complexity index is 930. The van der Waals surface area contributed by atoms with Gasteiger partial charge in [0, 0.05) is 13.0 Å². The Balaban J connectivity index is 1.76. The summed E-state index contributed by atoms with van der Waals surface area (Å²) in [6.07, 6.45) is 1.41. The molecule has 3 rings (SSSR count). The predicted octanol–water partition coefficient (Wildman–Crippen LogP) is 0.794. The maximum Gasteiger partial charge on any atom is 0.348 e. The molecule has 1 saturated heterocycles. The summed E-state index contributed by atoms with van der Waals surface area (Å²) in [6.45, 7) is 4.09. The first-order chi connectivity index (χ1) is 13.4. The van der Waals surface area contributed by atoms with E-state index in [0.29, 0.717) is 52.5 Å². The van der Waals surface area contributed by atoms with Crippen molar-refractivity contribution in [2.45, 2.75) is 26.3 Å². The van der Waals surface area contributed by atoms with Crippen LogP contribution in [0, 0.1) is 12.8 Å². The number of methoxy groups -OCH3 is 1. The van der Waals surface area contributed by atoms with Gasteiger partial charge in [-0.25, -0.2) is 9.78 Å². The third-order valence-electron chi connectivity index (χ3n) is 4.92. The number of carbonyl (C=O) groups excluding carboxylic acids is 2. The number of esters is 1. The number of H-pyrrole nitrogens is 1. The maximum absolute atomic E-state index is 12.6. The molecule has 1 amide bonds. The van der Waals surface area contributed by atoms with Crippen LogP contribution in [-0.4, -0.2) is 60.2 Å². The van der Waals surface area contributed by atoms with Crippen molar-refractivity contribution in [1.82, 2.24) is 14.9 Å². The van der Waals surface area contributed by atoms with Gasteiger partial charge in [-0.2, -0.15) is 0 Å². The standard InChI is InChI=1S/C18H24N4O5S/c1-10-13-16(24)20-12(9-22-5-3-11(4-6-22)15(19)23)21-17(13)28-14(10)18(25)27-8-7-26-2/h11H,3-9H2,1-2H3,(H2,19,23)(H,20,21,24). The summed E-state index contributed by atoms with van der Waals surface area (Å²) in [7, 11) is 1.53. The quantitative estimate of drug-likeness (QED) is 0.512. The normalized spacial score (nSPS) is 15.8. The summed E-state index contributed by atoms with van der Waals surface area (Å²) in [5.41, 5.74) is 5.67. The van der Waals surface area contributed by atoms with Crippen LogP contribution in [0.2, 0.25) is 0 Å². The lowest BCUT2D eigenvalue weighted by Crippen LogP contribution is -2.38. The molecule has 2 aromatic heterocycles. The van der Waals surface area contributed by atoms with Crippen molar-refractivity contribution >= 4 is 33.4 Å². The number of nitrogens with one attached hydrogen (secondary N) is 1. The number of nitrogens with zero attached hydrogens (tertiary/aromatic N) is 2. The number of ether oxygens (including phenoxy) is 2. The predicted molar refractivity (Wildman–Crippen MR) is 104 cm³/mol. The summed E-state index contributed by atoms with van der Waals surface area (Å²) in [5, 5.41) is 0.417. The fourth-order valence-electron chi connectivity index (χ4n) is 3.33. The van der Waals surface area contributed by atoms with Gasteiger partial charge in [-0.1, -0.05) is 0 Å². The molecule has 0 spiro atoms. The van der Waals surface area contributed by atoms with E-state index in [2.05, 4.69) is 14.9 Å². The van der Waals surface area contributed by atoms with E-state index in [0.717, 1.165) is 24.4 Å². The molecule has 3 N–H and O–H groups in total. The van der Waals surface area contributed by atoms with Gasteiger partial charge in [0.05, 0.1) is 18.5 Å². The van der Waals surface area contributed by atoms with E-state index in [1.807, 2.05) is 0 Å². The van der Waals surface area contributed by atoms with Gasteiger partial charge in [0.2, 0.25) is 5.91 Å². The minimum absolute atomic E-state index is 0.0858. The lowest BCUT2D eigenvalue weighted by molar-refractivity contribution is -0.123. The van der Waals surface area contributed by atoms with E-state index in [1.54, 1.807) is 6.92 Å². The van der Waals surface area contributed by atoms with Gasteiger partial charge < -0.3 is 20.2 Å². The molecule has 0 bridgehead atoms. The number of hydrogen-bond acceptors (Lipinski definition) is 8. The molecular weight excluding hydrogens is 384 g/mol. The van der Waals surface area contributed by atoms with Crippen molar-refractivity contribution in [3.8, 4) is 0 Å². The molecule has 1 fully saturated rings. The Kier molecular flexibility index (Phi) is 6.42. The molecule has 1 aliphatic rings. The van der Waals surface area contributed by atoms with Gasteiger partial charge >= 0.3 is 5.97 Å². The van der Waals surface area contributed by atoms with Crippen LogP contribution in [0.25, 0.3) is 10.2 Å². The summed E-state index contributed by atoms with van der Waals surface area (Å²) >= 11 is 1.16. The van der Waals surface area contributed by atoms with E-state index >= 15 is 0 Å². The Morgan fingerprint density at radius 2 is 2.04 bits per heavy atom. The molecule has 3 heterocycles. The van der Waals surface area contributed by atoms with Crippen LogP contribution in [0.4, 0.5) is 0 Å². The van der Waals surface area contributed by atoms with Gasteiger partial charge in [-0.3, -0.25) is 14.5 Å². The molecule has 9 nitrogen and oxygen atoms in total. The van der Waals surface area contributed by atoms with Gasteiger partial charge in [0.1, 0.15) is 22.1 Å². The molecule has 10 heteroatoms. The van der Waals surface area contributed by atoms with Crippen LogP contribution in [-0.2, 0) is 20.8 Å². The van der Waals surface area contributed by atoms with Crippen LogP contribution in [0.1, 0.15) is 33.9 Å². The van der Waals surface area contributed by atoms with Crippen molar-refractivity contribution in [2.24, 2.45) is 11.7 Å². The Morgan fingerprint density at radius 3 is 2.68 bits per heavy atom. The Morgan fingerprint density at radius 1 is 1.32 bits per heavy atom. The van der Waals surface area contributed by atoms with Crippen molar-refractivity contribution in [3.05, 3.63) is 26.6 Å². The molecule has 0 saturated carbocycles. The maximum atomic E-state index is 12.6. The summed E-state index contributed by atoms with van der Waals surface area (Å²) in [5.74, 6) is -0.286. The third-order valence-corrected chi connectivity index (χ3v) is 6.08.